The molecule has 1 aliphatic rings. The van der Waals surface area contributed by atoms with Gasteiger partial charge >= 0.3 is 0 Å². The molecular formula is C49H32BrN. The number of fused-ring (bicyclic) bond motifs is 6. The van der Waals surface area contributed by atoms with E-state index in [1.165, 1.54) is 83.1 Å². The fraction of sp³-hybridized carbons (Fsp3) is 0.0204. The molecule has 0 aliphatic heterocycles. The quantitative estimate of drug-likeness (QED) is 0.167. The summed E-state index contributed by atoms with van der Waals surface area (Å²) in [5.74, 6) is 0. The van der Waals surface area contributed by atoms with Crippen LogP contribution in [0.2, 0.25) is 0 Å². The standard InChI is InChI=1S/C49H32BrN/c50-37-20-13-15-33(31-37)38-21-7-8-22-39(38)34-29-30-42-41-24-10-12-27-45(41)51(47(42)32-34)46-28-14-25-43-40-23-9-11-26-44(40)49(48(43)46,35-16-3-1-4-17-35)36-18-5-2-6-19-36/h1-32H. The number of benzene rings is 8. The highest BCUT2D eigenvalue weighted by molar-refractivity contribution is 9.10. The number of aromatic nitrogens is 1. The summed E-state index contributed by atoms with van der Waals surface area (Å²) in [5.41, 5.74) is 15.6. The first-order valence-corrected chi connectivity index (χ1v) is 18.3. The number of halogens is 1. The lowest BCUT2D eigenvalue weighted by Gasteiger charge is -2.35. The molecule has 0 N–H and O–H groups in total. The first-order chi connectivity index (χ1) is 25.2. The predicted octanol–water partition coefficient (Wildman–Crippen LogP) is 13.2. The second-order valence-electron chi connectivity index (χ2n) is 13.4. The van der Waals surface area contributed by atoms with E-state index in [4.69, 9.17) is 0 Å². The van der Waals surface area contributed by atoms with Crippen molar-refractivity contribution in [2.45, 2.75) is 5.41 Å². The fourth-order valence-corrected chi connectivity index (χ4v) is 9.11. The molecule has 0 radical (unpaired) electrons. The highest BCUT2D eigenvalue weighted by Gasteiger charge is 2.47. The van der Waals surface area contributed by atoms with Gasteiger partial charge in [-0.2, -0.15) is 0 Å². The summed E-state index contributed by atoms with van der Waals surface area (Å²) in [4.78, 5) is 0. The van der Waals surface area contributed by atoms with Crippen LogP contribution < -0.4 is 0 Å². The first kappa shape index (κ1) is 29.9. The molecule has 9 aromatic rings. The molecule has 0 unspecified atom stereocenters. The zero-order chi connectivity index (χ0) is 33.9. The van der Waals surface area contributed by atoms with Crippen LogP contribution in [-0.4, -0.2) is 4.57 Å². The molecule has 0 fully saturated rings. The lowest BCUT2D eigenvalue weighted by molar-refractivity contribution is 0.762. The van der Waals surface area contributed by atoms with Gasteiger partial charge in [0.2, 0.25) is 0 Å². The molecule has 1 aliphatic carbocycles. The number of para-hydroxylation sites is 1. The van der Waals surface area contributed by atoms with Crippen LogP contribution in [0.4, 0.5) is 0 Å². The van der Waals surface area contributed by atoms with Crippen LogP contribution in [0.3, 0.4) is 0 Å². The maximum atomic E-state index is 3.70. The van der Waals surface area contributed by atoms with Crippen molar-refractivity contribution in [2.75, 3.05) is 0 Å². The van der Waals surface area contributed by atoms with Gasteiger partial charge < -0.3 is 4.57 Å². The Balaban J connectivity index is 1.32. The summed E-state index contributed by atoms with van der Waals surface area (Å²) < 4.78 is 3.60. The minimum atomic E-state index is -0.520. The summed E-state index contributed by atoms with van der Waals surface area (Å²) >= 11 is 3.70. The normalized spacial score (nSPS) is 13.0. The SMILES string of the molecule is Brc1cccc(-c2ccccc2-c2ccc3c4ccccc4n(-c4cccc5c4C(c4ccccc4)(c4ccccc4)c4ccccc4-5)c3c2)c1. The molecule has 1 aromatic heterocycles. The number of hydrogen-bond donors (Lipinski definition) is 0. The van der Waals surface area contributed by atoms with Gasteiger partial charge in [-0.15, -0.1) is 0 Å². The maximum Gasteiger partial charge on any atom is 0.0734 e. The zero-order valence-electron chi connectivity index (χ0n) is 27.8. The topological polar surface area (TPSA) is 4.93 Å². The van der Waals surface area contributed by atoms with Crippen molar-refractivity contribution in [2.24, 2.45) is 0 Å². The number of nitrogens with zero attached hydrogens (tertiary/aromatic N) is 1. The van der Waals surface area contributed by atoms with Crippen molar-refractivity contribution in [3.63, 3.8) is 0 Å². The summed E-state index contributed by atoms with van der Waals surface area (Å²) in [7, 11) is 0. The van der Waals surface area contributed by atoms with E-state index in [-0.39, 0.29) is 0 Å². The highest BCUT2D eigenvalue weighted by atomic mass is 79.9. The molecule has 8 aromatic carbocycles. The van der Waals surface area contributed by atoms with E-state index in [9.17, 15) is 0 Å². The molecular weight excluding hydrogens is 682 g/mol. The lowest BCUT2D eigenvalue weighted by Crippen LogP contribution is -2.29. The van der Waals surface area contributed by atoms with Crippen molar-refractivity contribution in [1.29, 1.82) is 0 Å². The van der Waals surface area contributed by atoms with E-state index in [0.29, 0.717) is 0 Å². The average Bonchev–Trinajstić information content (AvgIpc) is 3.69. The summed E-state index contributed by atoms with van der Waals surface area (Å²) in [6.07, 6.45) is 0. The minimum absolute atomic E-state index is 0.520. The molecule has 0 spiro atoms. The van der Waals surface area contributed by atoms with Crippen LogP contribution in [0.5, 0.6) is 0 Å². The van der Waals surface area contributed by atoms with Crippen LogP contribution in [0.1, 0.15) is 22.3 Å². The van der Waals surface area contributed by atoms with Gasteiger partial charge in [0.1, 0.15) is 0 Å². The Morgan fingerprint density at radius 3 is 1.69 bits per heavy atom. The monoisotopic (exact) mass is 713 g/mol. The van der Waals surface area contributed by atoms with Crippen molar-refractivity contribution in [3.8, 4) is 39.1 Å². The maximum absolute atomic E-state index is 3.70. The van der Waals surface area contributed by atoms with Gasteiger partial charge in [0.15, 0.2) is 0 Å². The van der Waals surface area contributed by atoms with Crippen molar-refractivity contribution in [3.05, 3.63) is 221 Å². The Morgan fingerprint density at radius 1 is 0.392 bits per heavy atom. The van der Waals surface area contributed by atoms with Gasteiger partial charge in [0.05, 0.1) is 22.1 Å². The smallest absolute Gasteiger partial charge is 0.0734 e. The molecule has 0 atom stereocenters. The van der Waals surface area contributed by atoms with Gasteiger partial charge in [0, 0.05) is 20.8 Å². The minimum Gasteiger partial charge on any atom is -0.309 e. The third-order valence-electron chi connectivity index (χ3n) is 10.7. The van der Waals surface area contributed by atoms with Crippen molar-refractivity contribution < 1.29 is 0 Å². The van der Waals surface area contributed by atoms with Gasteiger partial charge in [-0.25, -0.2) is 0 Å². The Bertz CT molecular complexity index is 2720. The Hall–Kier alpha value is -5.96. The van der Waals surface area contributed by atoms with Gasteiger partial charge in [-0.05, 0) is 80.4 Å². The summed E-state index contributed by atoms with van der Waals surface area (Å²) in [6, 6.07) is 71.3. The predicted molar refractivity (Wildman–Crippen MR) is 217 cm³/mol. The number of hydrogen-bond acceptors (Lipinski definition) is 0. The van der Waals surface area contributed by atoms with E-state index in [1.807, 2.05) is 0 Å². The van der Waals surface area contributed by atoms with E-state index in [1.54, 1.807) is 0 Å². The molecule has 0 amide bonds. The lowest BCUT2D eigenvalue weighted by atomic mass is 9.67. The molecule has 1 heterocycles. The first-order valence-electron chi connectivity index (χ1n) is 17.5. The van der Waals surface area contributed by atoms with E-state index in [0.717, 1.165) is 4.47 Å². The van der Waals surface area contributed by atoms with Crippen molar-refractivity contribution in [1.82, 2.24) is 4.57 Å². The van der Waals surface area contributed by atoms with E-state index in [2.05, 4.69) is 215 Å². The molecule has 1 nitrogen and oxygen atoms in total. The molecule has 10 rings (SSSR count). The Kier molecular flexibility index (Phi) is 6.94. The zero-order valence-corrected chi connectivity index (χ0v) is 29.4. The molecule has 51 heavy (non-hydrogen) atoms. The van der Waals surface area contributed by atoms with Crippen LogP contribution in [0, 0.1) is 0 Å². The van der Waals surface area contributed by atoms with E-state index >= 15 is 0 Å². The van der Waals surface area contributed by atoms with Crippen LogP contribution >= 0.6 is 15.9 Å². The third-order valence-corrected chi connectivity index (χ3v) is 11.2. The Morgan fingerprint density at radius 2 is 0.961 bits per heavy atom. The molecule has 240 valence electrons. The van der Waals surface area contributed by atoms with E-state index < -0.39 is 5.41 Å². The molecule has 2 heteroatoms. The Labute approximate surface area is 306 Å². The summed E-state index contributed by atoms with van der Waals surface area (Å²) in [5, 5.41) is 2.49. The fourth-order valence-electron chi connectivity index (χ4n) is 8.71. The van der Waals surface area contributed by atoms with Crippen molar-refractivity contribution >= 4 is 37.7 Å². The summed E-state index contributed by atoms with van der Waals surface area (Å²) in [6.45, 7) is 0. The van der Waals surface area contributed by atoms with Gasteiger partial charge in [-0.1, -0.05) is 180 Å². The largest absolute Gasteiger partial charge is 0.309 e. The van der Waals surface area contributed by atoms with Crippen LogP contribution in [0.15, 0.2) is 199 Å². The highest BCUT2D eigenvalue weighted by Crippen LogP contribution is 2.58. The third kappa shape index (κ3) is 4.46. The number of rotatable bonds is 5. The second-order valence-corrected chi connectivity index (χ2v) is 14.3. The van der Waals surface area contributed by atoms with Crippen LogP contribution in [0.25, 0.3) is 60.9 Å². The molecule has 0 saturated carbocycles. The van der Waals surface area contributed by atoms with Gasteiger partial charge in [0.25, 0.3) is 0 Å². The second kappa shape index (κ2) is 11.8. The van der Waals surface area contributed by atoms with Crippen LogP contribution in [-0.2, 0) is 5.41 Å². The molecule has 0 bridgehead atoms. The average molecular weight is 715 g/mol. The van der Waals surface area contributed by atoms with Gasteiger partial charge in [-0.3, -0.25) is 0 Å². The molecule has 0 saturated heterocycles.